The van der Waals surface area contributed by atoms with E-state index in [0.29, 0.717) is 6.54 Å². The third-order valence-electron chi connectivity index (χ3n) is 4.03. The number of nitrogens with zero attached hydrogens (tertiary/aromatic N) is 2. The molecule has 0 aliphatic heterocycles. The molecular weight excluding hydrogens is 234 g/mol. The predicted molar refractivity (Wildman–Crippen MR) is 76.8 cm³/mol. The van der Waals surface area contributed by atoms with Crippen molar-refractivity contribution in [3.8, 4) is 11.3 Å². The molecule has 0 unspecified atom stereocenters. The van der Waals surface area contributed by atoms with E-state index in [1.54, 1.807) is 0 Å². The van der Waals surface area contributed by atoms with Crippen molar-refractivity contribution in [1.82, 2.24) is 9.97 Å². The van der Waals surface area contributed by atoms with Gasteiger partial charge in [0.05, 0.1) is 5.69 Å². The summed E-state index contributed by atoms with van der Waals surface area (Å²) in [6, 6.07) is 10.6. The molecule has 1 aromatic heterocycles. The Hall–Kier alpha value is -1.74. The molecule has 3 nitrogen and oxygen atoms in total. The van der Waals surface area contributed by atoms with E-state index in [-0.39, 0.29) is 5.41 Å². The maximum absolute atomic E-state index is 5.85. The van der Waals surface area contributed by atoms with Crippen LogP contribution in [0.2, 0.25) is 0 Å². The van der Waals surface area contributed by atoms with Crippen molar-refractivity contribution >= 4 is 0 Å². The lowest BCUT2D eigenvalue weighted by Gasteiger charge is -2.11. The van der Waals surface area contributed by atoms with Gasteiger partial charge in [-0.3, -0.25) is 0 Å². The van der Waals surface area contributed by atoms with Gasteiger partial charge in [-0.25, -0.2) is 9.97 Å². The van der Waals surface area contributed by atoms with Crippen LogP contribution in [0.15, 0.2) is 36.5 Å². The highest BCUT2D eigenvalue weighted by Gasteiger charge is 2.45. The van der Waals surface area contributed by atoms with E-state index in [4.69, 9.17) is 10.7 Å². The van der Waals surface area contributed by atoms with Crippen LogP contribution < -0.4 is 5.73 Å². The summed E-state index contributed by atoms with van der Waals surface area (Å²) < 4.78 is 0. The Morgan fingerprint density at radius 1 is 1.16 bits per heavy atom. The number of benzene rings is 1. The van der Waals surface area contributed by atoms with Gasteiger partial charge in [-0.15, -0.1) is 0 Å². The Morgan fingerprint density at radius 2 is 1.89 bits per heavy atom. The first-order valence-electron chi connectivity index (χ1n) is 6.90. The zero-order valence-corrected chi connectivity index (χ0v) is 11.3. The lowest BCUT2D eigenvalue weighted by molar-refractivity contribution is 0.649. The van der Waals surface area contributed by atoms with Crippen LogP contribution in [0.3, 0.4) is 0 Å². The van der Waals surface area contributed by atoms with E-state index in [9.17, 15) is 0 Å². The van der Waals surface area contributed by atoms with Gasteiger partial charge < -0.3 is 5.73 Å². The third-order valence-corrected chi connectivity index (χ3v) is 4.03. The third kappa shape index (κ3) is 2.26. The van der Waals surface area contributed by atoms with Gasteiger partial charge in [0.15, 0.2) is 0 Å². The first-order valence-corrected chi connectivity index (χ1v) is 6.90. The van der Waals surface area contributed by atoms with Crippen molar-refractivity contribution in [3.63, 3.8) is 0 Å². The number of hydrogen-bond acceptors (Lipinski definition) is 3. The van der Waals surface area contributed by atoms with Crippen molar-refractivity contribution in [3.05, 3.63) is 47.9 Å². The van der Waals surface area contributed by atoms with Crippen molar-refractivity contribution in [1.29, 1.82) is 0 Å². The maximum Gasteiger partial charge on any atom is 0.136 e. The highest BCUT2D eigenvalue weighted by molar-refractivity contribution is 5.59. The first kappa shape index (κ1) is 12.3. The Balaban J connectivity index is 1.94. The fourth-order valence-electron chi connectivity index (χ4n) is 2.36. The zero-order chi connectivity index (χ0) is 13.3. The van der Waals surface area contributed by atoms with E-state index in [2.05, 4.69) is 36.2 Å². The molecule has 1 heterocycles. The van der Waals surface area contributed by atoms with Crippen LogP contribution in [0.1, 0.15) is 31.2 Å². The second kappa shape index (κ2) is 4.74. The van der Waals surface area contributed by atoms with E-state index in [0.717, 1.165) is 36.3 Å². The fourth-order valence-corrected chi connectivity index (χ4v) is 2.36. The summed E-state index contributed by atoms with van der Waals surface area (Å²) in [5, 5.41) is 0. The quantitative estimate of drug-likeness (QED) is 0.911. The van der Waals surface area contributed by atoms with E-state index in [1.807, 2.05) is 12.3 Å². The molecule has 1 saturated carbocycles. The molecule has 1 aliphatic carbocycles. The Bertz CT molecular complexity index is 571. The summed E-state index contributed by atoms with van der Waals surface area (Å²) in [6.45, 7) is 2.81. The Kier molecular flexibility index (Phi) is 3.07. The number of nitrogens with two attached hydrogens (primary N) is 1. The normalized spacial score (nSPS) is 16.3. The number of aryl methyl sites for hydroxylation is 1. The number of aromatic nitrogens is 2. The molecule has 2 N–H and O–H groups in total. The topological polar surface area (TPSA) is 51.8 Å². The molecule has 3 heteroatoms. The minimum absolute atomic E-state index is 0.0549. The minimum atomic E-state index is 0.0549. The number of rotatable bonds is 4. The lowest BCUT2D eigenvalue weighted by atomic mass is 10.1. The van der Waals surface area contributed by atoms with E-state index in [1.165, 1.54) is 5.56 Å². The Labute approximate surface area is 113 Å². The lowest BCUT2D eigenvalue weighted by Crippen LogP contribution is -2.22. The van der Waals surface area contributed by atoms with Crippen LogP contribution in [0.5, 0.6) is 0 Å². The van der Waals surface area contributed by atoms with Crippen LogP contribution in [0.4, 0.5) is 0 Å². The molecule has 0 atom stereocenters. The van der Waals surface area contributed by atoms with Gasteiger partial charge in [0.2, 0.25) is 0 Å². The summed E-state index contributed by atoms with van der Waals surface area (Å²) in [5.74, 6) is 0.909. The SMILES string of the molecule is CCc1ccc(-c2ccnc(C3(CN)CC3)n2)cc1. The highest BCUT2D eigenvalue weighted by Crippen LogP contribution is 2.45. The largest absolute Gasteiger partial charge is 0.329 e. The Morgan fingerprint density at radius 3 is 2.47 bits per heavy atom. The molecule has 1 aromatic carbocycles. The molecular formula is C16H19N3. The molecule has 0 bridgehead atoms. The molecule has 0 amide bonds. The van der Waals surface area contributed by atoms with Crippen LogP contribution in [-0.2, 0) is 11.8 Å². The summed E-state index contributed by atoms with van der Waals surface area (Å²) in [5.41, 5.74) is 9.39. The van der Waals surface area contributed by atoms with E-state index < -0.39 is 0 Å². The standard InChI is InChI=1S/C16H19N3/c1-2-12-3-5-13(6-4-12)14-7-10-18-15(19-14)16(11-17)8-9-16/h3-7,10H,2,8-9,11,17H2,1H3. The predicted octanol–water partition coefficient (Wildman–Crippen LogP) is 2.70. The average Bonchev–Trinajstić information content (AvgIpc) is 3.29. The van der Waals surface area contributed by atoms with Crippen molar-refractivity contribution in [2.75, 3.05) is 6.54 Å². The molecule has 0 spiro atoms. The van der Waals surface area contributed by atoms with E-state index >= 15 is 0 Å². The molecule has 1 fully saturated rings. The second-order valence-corrected chi connectivity index (χ2v) is 5.30. The monoisotopic (exact) mass is 253 g/mol. The van der Waals surface area contributed by atoms with Gasteiger partial charge in [-0.2, -0.15) is 0 Å². The van der Waals surface area contributed by atoms with Gasteiger partial charge >= 0.3 is 0 Å². The molecule has 1 aliphatic rings. The molecule has 0 saturated heterocycles. The second-order valence-electron chi connectivity index (χ2n) is 5.30. The van der Waals surface area contributed by atoms with Crippen molar-refractivity contribution < 1.29 is 0 Å². The van der Waals surface area contributed by atoms with Crippen LogP contribution in [0, 0.1) is 0 Å². The van der Waals surface area contributed by atoms with Gasteiger partial charge in [0.25, 0.3) is 0 Å². The van der Waals surface area contributed by atoms with Crippen LogP contribution in [0.25, 0.3) is 11.3 Å². The molecule has 3 rings (SSSR count). The van der Waals surface area contributed by atoms with Gasteiger partial charge in [-0.1, -0.05) is 31.2 Å². The fraction of sp³-hybridized carbons (Fsp3) is 0.375. The molecule has 2 aromatic rings. The maximum atomic E-state index is 5.85. The average molecular weight is 253 g/mol. The summed E-state index contributed by atoms with van der Waals surface area (Å²) in [6.07, 6.45) is 5.14. The number of hydrogen-bond donors (Lipinski definition) is 1. The minimum Gasteiger partial charge on any atom is -0.329 e. The van der Waals surface area contributed by atoms with Gasteiger partial charge in [0, 0.05) is 23.7 Å². The van der Waals surface area contributed by atoms with Crippen molar-refractivity contribution in [2.24, 2.45) is 5.73 Å². The zero-order valence-electron chi connectivity index (χ0n) is 11.3. The van der Waals surface area contributed by atoms with Gasteiger partial charge in [-0.05, 0) is 30.9 Å². The molecule has 0 radical (unpaired) electrons. The van der Waals surface area contributed by atoms with Crippen LogP contribution in [-0.4, -0.2) is 16.5 Å². The summed E-state index contributed by atoms with van der Waals surface area (Å²) >= 11 is 0. The first-order chi connectivity index (χ1) is 9.27. The van der Waals surface area contributed by atoms with Crippen LogP contribution >= 0.6 is 0 Å². The summed E-state index contributed by atoms with van der Waals surface area (Å²) in [7, 11) is 0. The highest BCUT2D eigenvalue weighted by atomic mass is 14.9. The molecule has 98 valence electrons. The summed E-state index contributed by atoms with van der Waals surface area (Å²) in [4.78, 5) is 9.12. The van der Waals surface area contributed by atoms with Gasteiger partial charge in [0.1, 0.15) is 5.82 Å². The smallest absolute Gasteiger partial charge is 0.136 e. The van der Waals surface area contributed by atoms with Crippen molar-refractivity contribution in [2.45, 2.75) is 31.6 Å². The molecule has 19 heavy (non-hydrogen) atoms.